The number of nitriles is 1. The van der Waals surface area contributed by atoms with E-state index in [0.29, 0.717) is 0 Å². The van der Waals surface area contributed by atoms with Gasteiger partial charge < -0.3 is 4.74 Å². The summed E-state index contributed by atoms with van der Waals surface area (Å²) < 4.78 is 38.8. The molecule has 0 N–H and O–H groups in total. The normalized spacial score (nSPS) is 10.8. The van der Waals surface area contributed by atoms with Crippen LogP contribution in [0.3, 0.4) is 0 Å². The smallest absolute Gasteiger partial charge is 0.386 e. The molecular weight excluding hydrogens is 221 g/mol. The number of ether oxygens (including phenoxy) is 1. The third-order valence-electron chi connectivity index (χ3n) is 1.19. The minimum atomic E-state index is -4.89. The fourth-order valence-electron chi connectivity index (χ4n) is 0.709. The summed E-state index contributed by atoms with van der Waals surface area (Å²) in [5.74, 6) is -0.840. The van der Waals surface area contributed by atoms with E-state index in [2.05, 4.69) is 9.72 Å². The molecule has 0 saturated heterocycles. The average molecular weight is 223 g/mol. The highest BCUT2D eigenvalue weighted by Gasteiger charge is 2.33. The van der Waals surface area contributed by atoms with E-state index >= 15 is 0 Å². The molecule has 1 heterocycles. The summed E-state index contributed by atoms with van der Waals surface area (Å²) in [6, 6.07) is 2.66. The number of hydrogen-bond acceptors (Lipinski definition) is 3. The predicted molar refractivity (Wildman–Crippen MR) is 40.6 cm³/mol. The predicted octanol–water partition coefficient (Wildman–Crippen LogP) is 2.51. The summed E-state index contributed by atoms with van der Waals surface area (Å²) in [5, 5.41) is 8.34. The maximum atomic E-state index is 11.8. The van der Waals surface area contributed by atoms with Crippen LogP contribution in [-0.2, 0) is 0 Å². The fourth-order valence-corrected chi connectivity index (χ4v) is 0.888. The Balaban J connectivity index is 3.10. The zero-order valence-electron chi connectivity index (χ0n) is 6.47. The van der Waals surface area contributed by atoms with E-state index in [0.717, 1.165) is 6.20 Å². The molecule has 1 rings (SSSR count). The standard InChI is InChI=1S/C7H2ClF3N2O/c8-5-1-2-13-6(4(5)3-12)14-7(9,10)11/h1-2H. The second kappa shape index (κ2) is 3.72. The third-order valence-corrected chi connectivity index (χ3v) is 1.50. The van der Waals surface area contributed by atoms with Crippen molar-refractivity contribution >= 4 is 11.6 Å². The van der Waals surface area contributed by atoms with Gasteiger partial charge in [-0.05, 0) is 6.07 Å². The molecule has 0 aromatic carbocycles. The lowest BCUT2D eigenvalue weighted by molar-refractivity contribution is -0.276. The van der Waals surface area contributed by atoms with Gasteiger partial charge in [0.2, 0.25) is 5.88 Å². The number of aromatic nitrogens is 1. The molecule has 0 radical (unpaired) electrons. The highest BCUT2D eigenvalue weighted by Crippen LogP contribution is 2.27. The van der Waals surface area contributed by atoms with Crippen LogP contribution < -0.4 is 4.74 Å². The van der Waals surface area contributed by atoms with Crippen LogP contribution in [0.25, 0.3) is 0 Å². The van der Waals surface area contributed by atoms with Gasteiger partial charge in [0.15, 0.2) is 0 Å². The van der Waals surface area contributed by atoms with E-state index in [1.807, 2.05) is 0 Å². The van der Waals surface area contributed by atoms with E-state index < -0.39 is 17.8 Å². The number of alkyl halides is 3. The molecule has 0 aliphatic rings. The summed E-state index contributed by atoms with van der Waals surface area (Å²) in [6.07, 6.45) is -3.87. The highest BCUT2D eigenvalue weighted by atomic mass is 35.5. The first-order chi connectivity index (χ1) is 6.44. The zero-order chi connectivity index (χ0) is 10.8. The van der Waals surface area contributed by atoms with Gasteiger partial charge in [0.25, 0.3) is 0 Å². The number of rotatable bonds is 1. The van der Waals surface area contributed by atoms with Crippen LogP contribution in [-0.4, -0.2) is 11.3 Å². The van der Waals surface area contributed by atoms with E-state index in [4.69, 9.17) is 16.9 Å². The maximum Gasteiger partial charge on any atom is 0.574 e. The highest BCUT2D eigenvalue weighted by molar-refractivity contribution is 6.31. The van der Waals surface area contributed by atoms with Gasteiger partial charge in [-0.1, -0.05) is 11.6 Å². The molecule has 0 aliphatic heterocycles. The largest absolute Gasteiger partial charge is 0.574 e. The van der Waals surface area contributed by atoms with Crippen LogP contribution >= 0.6 is 11.6 Å². The van der Waals surface area contributed by atoms with Gasteiger partial charge in [-0.25, -0.2) is 4.98 Å². The topological polar surface area (TPSA) is 45.9 Å². The van der Waals surface area contributed by atoms with Crippen molar-refractivity contribution in [2.45, 2.75) is 6.36 Å². The van der Waals surface area contributed by atoms with Crippen molar-refractivity contribution in [3.8, 4) is 11.9 Å². The van der Waals surface area contributed by atoms with Crippen LogP contribution in [0.15, 0.2) is 12.3 Å². The Bertz CT molecular complexity index is 386. The minimum absolute atomic E-state index is 0.137. The van der Waals surface area contributed by atoms with Crippen LogP contribution in [0, 0.1) is 11.3 Å². The lowest BCUT2D eigenvalue weighted by atomic mass is 10.3. The van der Waals surface area contributed by atoms with E-state index in [9.17, 15) is 13.2 Å². The first-order valence-corrected chi connectivity index (χ1v) is 3.62. The molecule has 0 atom stereocenters. The number of halogens is 4. The van der Waals surface area contributed by atoms with Crippen molar-refractivity contribution in [1.29, 1.82) is 5.26 Å². The molecule has 1 aromatic rings. The fraction of sp³-hybridized carbons (Fsp3) is 0.143. The molecule has 0 spiro atoms. The van der Waals surface area contributed by atoms with Crippen LogP contribution in [0.1, 0.15) is 5.56 Å². The molecular formula is C7H2ClF3N2O. The number of hydrogen-bond donors (Lipinski definition) is 0. The number of pyridine rings is 1. The third kappa shape index (κ3) is 2.50. The van der Waals surface area contributed by atoms with Crippen molar-refractivity contribution in [3.63, 3.8) is 0 Å². The Morgan fingerprint density at radius 2 is 2.14 bits per heavy atom. The van der Waals surface area contributed by atoms with Crippen molar-refractivity contribution in [2.24, 2.45) is 0 Å². The maximum absolute atomic E-state index is 11.8. The molecule has 3 nitrogen and oxygen atoms in total. The van der Waals surface area contributed by atoms with Gasteiger partial charge in [0.1, 0.15) is 11.6 Å². The first kappa shape index (κ1) is 10.6. The Kier molecular flexibility index (Phi) is 2.81. The molecule has 0 unspecified atom stereocenters. The molecule has 0 aliphatic carbocycles. The van der Waals surface area contributed by atoms with Gasteiger partial charge >= 0.3 is 6.36 Å². The molecule has 0 amide bonds. The molecule has 0 bridgehead atoms. The lowest BCUT2D eigenvalue weighted by Crippen LogP contribution is -2.18. The van der Waals surface area contributed by atoms with Gasteiger partial charge in [-0.15, -0.1) is 13.2 Å². The van der Waals surface area contributed by atoms with E-state index in [-0.39, 0.29) is 5.02 Å². The molecule has 74 valence electrons. The Morgan fingerprint density at radius 1 is 1.50 bits per heavy atom. The monoisotopic (exact) mass is 222 g/mol. The van der Waals surface area contributed by atoms with Crippen molar-refractivity contribution in [2.75, 3.05) is 0 Å². The van der Waals surface area contributed by atoms with Crippen molar-refractivity contribution in [1.82, 2.24) is 4.98 Å². The SMILES string of the molecule is N#Cc1c(Cl)ccnc1OC(F)(F)F. The van der Waals surface area contributed by atoms with E-state index in [1.54, 1.807) is 0 Å². The lowest BCUT2D eigenvalue weighted by Gasteiger charge is -2.08. The number of nitrogens with zero attached hydrogens (tertiary/aromatic N) is 2. The molecule has 0 fully saturated rings. The molecule has 14 heavy (non-hydrogen) atoms. The summed E-state index contributed by atoms with van der Waals surface area (Å²) >= 11 is 5.45. The Morgan fingerprint density at radius 3 is 2.64 bits per heavy atom. The van der Waals surface area contributed by atoms with E-state index in [1.165, 1.54) is 12.1 Å². The summed E-state index contributed by atoms with van der Waals surface area (Å²) in [7, 11) is 0. The summed E-state index contributed by atoms with van der Waals surface area (Å²) in [6.45, 7) is 0. The molecule has 7 heteroatoms. The first-order valence-electron chi connectivity index (χ1n) is 3.24. The van der Waals surface area contributed by atoms with Crippen LogP contribution in [0.4, 0.5) is 13.2 Å². The van der Waals surface area contributed by atoms with Crippen molar-refractivity contribution in [3.05, 3.63) is 22.8 Å². The molecule has 0 saturated carbocycles. The van der Waals surface area contributed by atoms with Gasteiger partial charge in [-0.3, -0.25) is 0 Å². The Labute approximate surface area is 81.7 Å². The van der Waals surface area contributed by atoms with Gasteiger partial charge in [0.05, 0.1) is 5.02 Å². The van der Waals surface area contributed by atoms with Crippen LogP contribution in [0.5, 0.6) is 5.88 Å². The molecule has 1 aromatic heterocycles. The van der Waals surface area contributed by atoms with Crippen LogP contribution in [0.2, 0.25) is 5.02 Å². The second-order valence-electron chi connectivity index (χ2n) is 2.13. The average Bonchev–Trinajstić information content (AvgIpc) is 2.01. The Hall–Kier alpha value is -1.48. The van der Waals surface area contributed by atoms with Gasteiger partial charge in [0, 0.05) is 6.20 Å². The van der Waals surface area contributed by atoms with Gasteiger partial charge in [-0.2, -0.15) is 5.26 Å². The zero-order valence-corrected chi connectivity index (χ0v) is 7.23. The minimum Gasteiger partial charge on any atom is -0.386 e. The summed E-state index contributed by atoms with van der Waals surface area (Å²) in [4.78, 5) is 3.25. The summed E-state index contributed by atoms with van der Waals surface area (Å²) in [5.41, 5.74) is -0.438. The second-order valence-corrected chi connectivity index (χ2v) is 2.54. The quantitative estimate of drug-likeness (QED) is 0.733. The van der Waals surface area contributed by atoms with Crippen molar-refractivity contribution < 1.29 is 17.9 Å².